The van der Waals surface area contributed by atoms with Gasteiger partial charge in [0.1, 0.15) is 11.7 Å². The van der Waals surface area contributed by atoms with Crippen molar-refractivity contribution in [3.8, 4) is 0 Å². The summed E-state index contributed by atoms with van der Waals surface area (Å²) >= 11 is 0. The van der Waals surface area contributed by atoms with E-state index in [0.717, 1.165) is 36.7 Å². The van der Waals surface area contributed by atoms with E-state index in [0.29, 0.717) is 6.04 Å². The number of aryl methyl sites for hydroxylation is 2. The summed E-state index contributed by atoms with van der Waals surface area (Å²) in [4.78, 5) is 4.60. The first-order valence-electron chi connectivity index (χ1n) is 12.3. The van der Waals surface area contributed by atoms with E-state index in [4.69, 9.17) is 0 Å². The molecule has 0 aliphatic rings. The molecule has 0 amide bonds. The van der Waals surface area contributed by atoms with Gasteiger partial charge in [-0.05, 0) is 76.9 Å². The van der Waals surface area contributed by atoms with Crippen LogP contribution in [0.2, 0.25) is 0 Å². The maximum atomic E-state index is 4.60. The Morgan fingerprint density at radius 3 is 2.18 bits per heavy atom. The molecule has 0 spiro atoms. The molecule has 0 aliphatic heterocycles. The second-order valence-corrected chi connectivity index (χ2v) is 7.83. The fourth-order valence-electron chi connectivity index (χ4n) is 3.10. The molecule has 188 valence electrons. The molecule has 1 atom stereocenters. The zero-order valence-electron chi connectivity index (χ0n) is 22.2. The predicted octanol–water partition coefficient (Wildman–Crippen LogP) is 6.96. The molecule has 0 radical (unpaired) electrons. The molecule has 34 heavy (non-hydrogen) atoms. The first-order chi connectivity index (χ1) is 16.5. The molecule has 4 nitrogen and oxygen atoms in total. The van der Waals surface area contributed by atoms with Crippen LogP contribution in [-0.2, 0) is 6.42 Å². The molecular weight excluding hydrogens is 435 g/mol. The van der Waals surface area contributed by atoms with Crippen molar-refractivity contribution in [2.24, 2.45) is 4.99 Å². The smallest absolute Gasteiger partial charge is 0.128 e. The van der Waals surface area contributed by atoms with Crippen molar-refractivity contribution < 1.29 is 0 Å². The van der Waals surface area contributed by atoms with Crippen molar-refractivity contribution in [3.63, 3.8) is 0 Å². The van der Waals surface area contributed by atoms with Crippen LogP contribution in [0.4, 0.5) is 5.69 Å². The van der Waals surface area contributed by atoms with Gasteiger partial charge >= 0.3 is 0 Å². The van der Waals surface area contributed by atoms with Crippen molar-refractivity contribution in [2.75, 3.05) is 25.6 Å². The summed E-state index contributed by atoms with van der Waals surface area (Å²) in [6.07, 6.45) is 8.21. The zero-order valence-corrected chi connectivity index (χ0v) is 23.4. The average Bonchev–Trinajstić information content (AvgIpc) is 2.86. The molecule has 2 aromatic carbocycles. The molecule has 0 saturated heterocycles. The first kappa shape index (κ1) is 31.6. The van der Waals surface area contributed by atoms with Crippen molar-refractivity contribution in [3.05, 3.63) is 90.3 Å². The topological polar surface area (TPSA) is 48.5 Å². The van der Waals surface area contributed by atoms with Crippen LogP contribution in [0.25, 0.3) is 0 Å². The number of hydrogen-bond donors (Lipinski definition) is 3. The van der Waals surface area contributed by atoms with E-state index in [2.05, 4.69) is 112 Å². The number of hydrogen-bond acceptors (Lipinski definition) is 3. The average molecular weight is 483 g/mol. The molecule has 0 saturated carbocycles. The molecule has 3 N–H and O–H groups in total. The molecule has 2 rings (SSSR count). The summed E-state index contributed by atoms with van der Waals surface area (Å²) in [5, 5.41) is 9.88. The maximum Gasteiger partial charge on any atom is 0.128 e. The van der Waals surface area contributed by atoms with Gasteiger partial charge in [0.25, 0.3) is 0 Å². The van der Waals surface area contributed by atoms with Crippen molar-refractivity contribution >= 4 is 20.8 Å². The van der Waals surface area contributed by atoms with Crippen molar-refractivity contribution in [1.82, 2.24) is 10.6 Å². The summed E-state index contributed by atoms with van der Waals surface area (Å²) < 4.78 is 0. The summed E-state index contributed by atoms with van der Waals surface area (Å²) in [6, 6.07) is 19.3. The van der Waals surface area contributed by atoms with E-state index in [-0.39, 0.29) is 0 Å². The van der Waals surface area contributed by atoms with Gasteiger partial charge in [0.15, 0.2) is 0 Å². The van der Waals surface area contributed by atoms with Crippen LogP contribution in [-0.4, -0.2) is 32.1 Å². The fraction of sp³-hybridized carbons (Fsp3) is 0.414. The van der Waals surface area contributed by atoms with E-state index in [9.17, 15) is 0 Å². The van der Waals surface area contributed by atoms with Crippen LogP contribution >= 0.6 is 9.24 Å². The Morgan fingerprint density at radius 2 is 1.65 bits per heavy atom. The number of aliphatic imine (C=N–C) groups is 1. The minimum Gasteiger partial charge on any atom is -0.367 e. The van der Waals surface area contributed by atoms with Gasteiger partial charge in [-0.3, -0.25) is 0 Å². The predicted molar refractivity (Wildman–Crippen MR) is 158 cm³/mol. The fourth-order valence-corrected chi connectivity index (χ4v) is 3.10. The third-order valence-electron chi connectivity index (χ3n) is 5.01. The second-order valence-electron chi connectivity index (χ2n) is 7.83. The number of amidine groups is 1. The summed E-state index contributed by atoms with van der Waals surface area (Å²) in [5.74, 6) is 1.70. The van der Waals surface area contributed by atoms with Crippen LogP contribution in [0.1, 0.15) is 51.2 Å². The monoisotopic (exact) mass is 482 g/mol. The molecule has 0 fully saturated rings. The number of benzene rings is 2. The van der Waals surface area contributed by atoms with Crippen molar-refractivity contribution in [2.45, 2.75) is 59.4 Å². The van der Waals surface area contributed by atoms with Crippen LogP contribution in [0.15, 0.2) is 84.1 Å². The number of anilines is 1. The number of allylic oxidation sites excluding steroid dienone is 2. The molecule has 0 heterocycles. The van der Waals surface area contributed by atoms with Gasteiger partial charge < -0.3 is 16.0 Å². The largest absolute Gasteiger partial charge is 0.367 e. The maximum absolute atomic E-state index is 4.60. The molecule has 0 bridgehead atoms. The SMILES string of the molecule is C=C/C=C(\N=C(/C)Nc1ccc(C)cc1)NC(CC)CC.CNCCCc1ccccc1.CP. The number of rotatable bonds is 11. The molecule has 0 aliphatic carbocycles. The lowest BCUT2D eigenvalue weighted by atomic mass is 10.1. The highest BCUT2D eigenvalue weighted by Gasteiger charge is 2.04. The van der Waals surface area contributed by atoms with E-state index in [1.54, 1.807) is 6.08 Å². The van der Waals surface area contributed by atoms with Crippen LogP contribution < -0.4 is 16.0 Å². The third kappa shape index (κ3) is 15.4. The normalized spacial score (nSPS) is 11.1. The van der Waals surface area contributed by atoms with Crippen LogP contribution in [0, 0.1) is 6.92 Å². The van der Waals surface area contributed by atoms with Gasteiger partial charge in [-0.15, -0.1) is 9.24 Å². The van der Waals surface area contributed by atoms with E-state index >= 15 is 0 Å². The van der Waals surface area contributed by atoms with Gasteiger partial charge in [0, 0.05) is 11.7 Å². The minimum atomic E-state index is 0.437. The number of nitrogens with zero attached hydrogens (tertiary/aromatic N) is 1. The van der Waals surface area contributed by atoms with Gasteiger partial charge in [-0.25, -0.2) is 4.99 Å². The summed E-state index contributed by atoms with van der Waals surface area (Å²) in [7, 11) is 4.41. The van der Waals surface area contributed by atoms with E-state index < -0.39 is 0 Å². The van der Waals surface area contributed by atoms with Crippen LogP contribution in [0.3, 0.4) is 0 Å². The highest BCUT2D eigenvalue weighted by Crippen LogP contribution is 2.09. The Hall–Kier alpha value is -2.42. The highest BCUT2D eigenvalue weighted by atomic mass is 31.0. The number of nitrogens with one attached hydrogen (secondary N) is 3. The van der Waals surface area contributed by atoms with Gasteiger partial charge in [-0.1, -0.05) is 81.2 Å². The Morgan fingerprint density at radius 1 is 1.03 bits per heavy atom. The van der Waals surface area contributed by atoms with Crippen LogP contribution in [0.5, 0.6) is 0 Å². The zero-order chi connectivity index (χ0) is 25.6. The lowest BCUT2D eigenvalue weighted by Gasteiger charge is -2.17. The first-order valence-corrected chi connectivity index (χ1v) is 13.4. The summed E-state index contributed by atoms with van der Waals surface area (Å²) in [6.45, 7) is 15.2. The molecule has 2 aromatic rings. The lowest BCUT2D eigenvalue weighted by molar-refractivity contribution is 0.531. The Kier molecular flexibility index (Phi) is 19.6. The lowest BCUT2D eigenvalue weighted by Crippen LogP contribution is -2.27. The molecule has 0 aromatic heterocycles. The molecular formula is C29H47N4P. The minimum absolute atomic E-state index is 0.437. The standard InChI is InChI=1S/C18H27N3.C10H15N.CH5P/c1-6-9-18(21-16(7-2)8-3)20-15(5)19-17-12-10-14(4)11-13-17;1-11-9-5-8-10-6-3-2-4-7-10;1-2/h6,9-13,16,21H,1,7-8H2,2-5H3,(H,19,20);2-4,6-7,11H,5,8-9H2,1H3;2H2,1H3/b18-9+;;. The Labute approximate surface area is 211 Å². The molecule has 5 heteroatoms. The highest BCUT2D eigenvalue weighted by molar-refractivity contribution is 7.15. The van der Waals surface area contributed by atoms with Gasteiger partial charge in [0.05, 0.1) is 0 Å². The van der Waals surface area contributed by atoms with E-state index in [1.165, 1.54) is 24.0 Å². The third-order valence-corrected chi connectivity index (χ3v) is 5.01. The molecule has 1 unspecified atom stereocenters. The van der Waals surface area contributed by atoms with E-state index in [1.807, 2.05) is 26.7 Å². The Bertz CT molecular complexity index is 810. The Balaban J connectivity index is 0.000000701. The van der Waals surface area contributed by atoms with Crippen molar-refractivity contribution in [1.29, 1.82) is 0 Å². The summed E-state index contributed by atoms with van der Waals surface area (Å²) in [5.41, 5.74) is 3.72. The quantitative estimate of drug-likeness (QED) is 0.107. The van der Waals surface area contributed by atoms with Gasteiger partial charge in [-0.2, -0.15) is 0 Å². The van der Waals surface area contributed by atoms with Gasteiger partial charge in [0.2, 0.25) is 0 Å². The second kappa shape index (κ2) is 21.1.